The van der Waals surface area contributed by atoms with Crippen molar-refractivity contribution in [1.82, 2.24) is 0 Å². The largest absolute Gasteiger partial charge is 0.486 e. The molecule has 0 unspecified atom stereocenters. The van der Waals surface area contributed by atoms with E-state index in [0.29, 0.717) is 0 Å². The van der Waals surface area contributed by atoms with Crippen LogP contribution in [0.3, 0.4) is 0 Å². The highest BCUT2D eigenvalue weighted by Crippen LogP contribution is 2.46. The number of aliphatic carboxylic acids is 1. The molecular weight excluding hydrogens is 252 g/mol. The summed E-state index contributed by atoms with van der Waals surface area (Å²) in [5.41, 5.74) is 2.80. The third-order valence-corrected chi connectivity index (χ3v) is 4.38. The topological polar surface area (TPSA) is 46.5 Å². The van der Waals surface area contributed by atoms with Gasteiger partial charge in [0.1, 0.15) is 11.4 Å². The van der Waals surface area contributed by atoms with Gasteiger partial charge in [0.05, 0.1) is 0 Å². The Bertz CT molecular complexity index is 566. The highest BCUT2D eigenvalue weighted by molar-refractivity contribution is 5.91. The van der Waals surface area contributed by atoms with Crippen molar-refractivity contribution >= 4 is 11.5 Å². The second kappa shape index (κ2) is 4.97. The molecule has 0 amide bonds. The quantitative estimate of drug-likeness (QED) is 0.787. The Kier molecular flexibility index (Phi) is 3.28. The van der Waals surface area contributed by atoms with Crippen molar-refractivity contribution in [3.8, 4) is 5.75 Å². The fraction of sp³-hybridized carbons (Fsp3) is 0.471. The molecule has 0 atom stereocenters. The molecule has 0 bridgehead atoms. The number of benzene rings is 1. The van der Waals surface area contributed by atoms with Gasteiger partial charge in [0, 0.05) is 18.1 Å². The number of carboxylic acids is 1. The number of hydrogen-bond donors (Lipinski definition) is 1. The second-order valence-electron chi connectivity index (χ2n) is 6.03. The molecule has 0 radical (unpaired) electrons. The molecule has 3 heteroatoms. The number of hydrogen-bond acceptors (Lipinski definition) is 2. The Morgan fingerprint density at radius 1 is 1.30 bits per heavy atom. The zero-order valence-electron chi connectivity index (χ0n) is 11.8. The maximum absolute atomic E-state index is 11.1. The van der Waals surface area contributed by atoms with Crippen LogP contribution in [0.2, 0.25) is 0 Å². The first kappa shape index (κ1) is 13.2. The van der Waals surface area contributed by atoms with Crippen LogP contribution in [0, 0.1) is 6.92 Å². The molecule has 2 aliphatic rings. The molecule has 1 spiro atoms. The van der Waals surface area contributed by atoms with Crippen LogP contribution in [-0.2, 0) is 4.79 Å². The van der Waals surface area contributed by atoms with E-state index in [2.05, 4.69) is 0 Å². The fourth-order valence-corrected chi connectivity index (χ4v) is 3.45. The van der Waals surface area contributed by atoms with Gasteiger partial charge < -0.3 is 9.84 Å². The van der Waals surface area contributed by atoms with Crippen molar-refractivity contribution in [3.63, 3.8) is 0 Å². The van der Waals surface area contributed by atoms with Gasteiger partial charge in [-0.25, -0.2) is 4.79 Å². The summed E-state index contributed by atoms with van der Waals surface area (Å²) in [6.07, 6.45) is 7.72. The van der Waals surface area contributed by atoms with Gasteiger partial charge in [-0.1, -0.05) is 18.1 Å². The molecular formula is C17H20O3. The van der Waals surface area contributed by atoms with Crippen molar-refractivity contribution in [2.24, 2.45) is 0 Å². The highest BCUT2D eigenvalue weighted by atomic mass is 16.5. The van der Waals surface area contributed by atoms with Crippen LogP contribution >= 0.6 is 0 Å². The Morgan fingerprint density at radius 3 is 2.75 bits per heavy atom. The van der Waals surface area contributed by atoms with E-state index in [0.717, 1.165) is 41.7 Å². The maximum Gasteiger partial charge on any atom is 0.328 e. The van der Waals surface area contributed by atoms with Gasteiger partial charge in [0.15, 0.2) is 0 Å². The Hall–Kier alpha value is -1.77. The van der Waals surface area contributed by atoms with Gasteiger partial charge in [0.2, 0.25) is 0 Å². The highest BCUT2D eigenvalue weighted by Gasteiger charge is 2.39. The van der Waals surface area contributed by atoms with E-state index < -0.39 is 5.97 Å². The van der Waals surface area contributed by atoms with Gasteiger partial charge in [-0.05, 0) is 50.3 Å². The summed E-state index contributed by atoms with van der Waals surface area (Å²) in [4.78, 5) is 11.1. The molecule has 1 N–H and O–H groups in total. The summed E-state index contributed by atoms with van der Waals surface area (Å²) in [5.74, 6) is -0.0310. The van der Waals surface area contributed by atoms with Crippen molar-refractivity contribution in [2.75, 3.05) is 0 Å². The smallest absolute Gasteiger partial charge is 0.328 e. The summed E-state index contributed by atoms with van der Waals surface area (Å²) in [5, 5.41) is 9.13. The zero-order valence-corrected chi connectivity index (χ0v) is 11.8. The van der Waals surface area contributed by atoms with E-state index in [1.54, 1.807) is 0 Å². The van der Waals surface area contributed by atoms with Crippen LogP contribution in [0.4, 0.5) is 0 Å². The summed E-state index contributed by atoms with van der Waals surface area (Å²) in [7, 11) is 0. The maximum atomic E-state index is 11.1. The summed E-state index contributed by atoms with van der Waals surface area (Å²) < 4.78 is 6.29. The molecule has 20 heavy (non-hydrogen) atoms. The molecule has 1 saturated carbocycles. The number of carbonyl (C=O) groups is 1. The summed E-state index contributed by atoms with van der Waals surface area (Å²) in [6, 6.07) is 6.04. The SMILES string of the molecule is Cc1ccc2c(c1)/C(=C/C(=O)O)CC1(CCCCC1)O2. The Balaban J connectivity index is 2.05. The first-order valence-corrected chi connectivity index (χ1v) is 7.32. The average molecular weight is 272 g/mol. The van der Waals surface area contributed by atoms with E-state index >= 15 is 0 Å². The molecule has 1 heterocycles. The van der Waals surface area contributed by atoms with Gasteiger partial charge in [-0.3, -0.25) is 0 Å². The summed E-state index contributed by atoms with van der Waals surface area (Å²) >= 11 is 0. The lowest BCUT2D eigenvalue weighted by Gasteiger charge is -2.42. The molecule has 1 aromatic carbocycles. The monoisotopic (exact) mass is 272 g/mol. The fourth-order valence-electron chi connectivity index (χ4n) is 3.45. The molecule has 3 rings (SSSR count). The van der Waals surface area contributed by atoms with Crippen LogP contribution in [-0.4, -0.2) is 16.7 Å². The molecule has 1 fully saturated rings. The third kappa shape index (κ3) is 2.45. The van der Waals surface area contributed by atoms with Crippen LogP contribution in [0.1, 0.15) is 49.7 Å². The standard InChI is InChI=1S/C17H20O3/c1-12-5-6-15-14(9-12)13(10-16(18)19)11-17(20-15)7-3-2-4-8-17/h5-6,9-10H,2-4,7-8,11H2,1H3,(H,18,19)/b13-10+. The number of ether oxygens (including phenoxy) is 1. The predicted molar refractivity (Wildman–Crippen MR) is 77.9 cm³/mol. The molecule has 1 aliphatic heterocycles. The number of rotatable bonds is 1. The Morgan fingerprint density at radius 2 is 2.05 bits per heavy atom. The van der Waals surface area contributed by atoms with E-state index in [4.69, 9.17) is 9.84 Å². The number of aryl methyl sites for hydroxylation is 1. The lowest BCUT2D eigenvalue weighted by Crippen LogP contribution is -2.41. The van der Waals surface area contributed by atoms with E-state index in [9.17, 15) is 4.79 Å². The lowest BCUT2D eigenvalue weighted by atomic mass is 9.76. The second-order valence-corrected chi connectivity index (χ2v) is 6.03. The van der Waals surface area contributed by atoms with Crippen LogP contribution in [0.15, 0.2) is 24.3 Å². The molecule has 106 valence electrons. The van der Waals surface area contributed by atoms with Crippen LogP contribution in [0.25, 0.3) is 5.57 Å². The minimum Gasteiger partial charge on any atom is -0.486 e. The molecule has 0 saturated heterocycles. The van der Waals surface area contributed by atoms with Crippen molar-refractivity contribution in [2.45, 2.75) is 51.0 Å². The predicted octanol–water partition coefficient (Wildman–Crippen LogP) is 3.95. The molecule has 3 nitrogen and oxygen atoms in total. The number of fused-ring (bicyclic) bond motifs is 1. The molecule has 1 aliphatic carbocycles. The van der Waals surface area contributed by atoms with E-state index in [1.807, 2.05) is 25.1 Å². The van der Waals surface area contributed by atoms with Crippen molar-refractivity contribution in [1.29, 1.82) is 0 Å². The van der Waals surface area contributed by atoms with Crippen LogP contribution in [0.5, 0.6) is 5.75 Å². The molecule has 1 aromatic rings. The first-order valence-electron chi connectivity index (χ1n) is 7.32. The minimum absolute atomic E-state index is 0.179. The minimum atomic E-state index is -0.875. The third-order valence-electron chi connectivity index (χ3n) is 4.38. The Labute approximate surface area is 119 Å². The average Bonchev–Trinajstić information content (AvgIpc) is 2.40. The van der Waals surface area contributed by atoms with E-state index in [-0.39, 0.29) is 5.60 Å². The normalized spacial score (nSPS) is 22.4. The van der Waals surface area contributed by atoms with Gasteiger partial charge in [-0.15, -0.1) is 0 Å². The van der Waals surface area contributed by atoms with E-state index in [1.165, 1.54) is 25.3 Å². The zero-order chi connectivity index (χ0) is 14.2. The lowest BCUT2D eigenvalue weighted by molar-refractivity contribution is -0.131. The van der Waals surface area contributed by atoms with Gasteiger partial charge >= 0.3 is 5.97 Å². The van der Waals surface area contributed by atoms with Crippen molar-refractivity contribution < 1.29 is 14.6 Å². The molecule has 0 aromatic heterocycles. The van der Waals surface area contributed by atoms with Gasteiger partial charge in [0.25, 0.3) is 0 Å². The van der Waals surface area contributed by atoms with Crippen molar-refractivity contribution in [3.05, 3.63) is 35.4 Å². The first-order chi connectivity index (χ1) is 9.58. The van der Waals surface area contributed by atoms with Crippen LogP contribution < -0.4 is 4.74 Å². The summed E-state index contributed by atoms with van der Waals surface area (Å²) in [6.45, 7) is 2.02. The number of carboxylic acid groups (broad SMARTS) is 1. The van der Waals surface area contributed by atoms with Gasteiger partial charge in [-0.2, -0.15) is 0 Å².